The maximum atomic E-state index is 13.9. The second kappa shape index (κ2) is 35.7. The first-order valence-corrected chi connectivity index (χ1v) is 27.0. The van der Waals surface area contributed by atoms with E-state index in [2.05, 4.69) is 98.3 Å². The Morgan fingerprint density at radius 3 is 1.41 bits per heavy atom. The van der Waals surface area contributed by atoms with Gasteiger partial charge in [-0.25, -0.2) is 0 Å². The van der Waals surface area contributed by atoms with E-state index in [0.717, 1.165) is 79.4 Å². The molecule has 9 nitrogen and oxygen atoms in total. The molecule has 0 aliphatic rings. The lowest BCUT2D eigenvalue weighted by Crippen LogP contribution is -2.39. The SMILES string of the molecule is CCCCCc1ccc(C(=O)N(CCN(CCCC)CCCC)Cc2ccc(OC)c(OCc3ccccc3)c2)cc1.CCCCN(CCCC)CCNCc1ccc(OC)c(OCc2ccccc2)c1. The second-order valence-electron chi connectivity index (χ2n) is 18.7. The number of methoxy groups -OCH3 is 2. The summed E-state index contributed by atoms with van der Waals surface area (Å²) >= 11 is 0. The summed E-state index contributed by atoms with van der Waals surface area (Å²) in [7, 11) is 3.34. The van der Waals surface area contributed by atoms with Crippen molar-refractivity contribution in [3.8, 4) is 23.0 Å². The third-order valence-electron chi connectivity index (χ3n) is 12.8. The number of hydrogen-bond acceptors (Lipinski definition) is 8. The Labute approximate surface area is 430 Å². The van der Waals surface area contributed by atoms with E-state index >= 15 is 0 Å². The molecule has 0 saturated carbocycles. The topological polar surface area (TPSA) is 75.7 Å². The van der Waals surface area contributed by atoms with Crippen LogP contribution in [0.3, 0.4) is 0 Å². The number of aryl methyl sites for hydroxylation is 1. The zero-order chi connectivity index (χ0) is 50.7. The Hall–Kier alpha value is -5.35. The number of nitrogens with one attached hydrogen (secondary N) is 1. The monoisotopic (exact) mass is 971 g/mol. The van der Waals surface area contributed by atoms with Gasteiger partial charge >= 0.3 is 0 Å². The van der Waals surface area contributed by atoms with E-state index < -0.39 is 0 Å². The van der Waals surface area contributed by atoms with Gasteiger partial charge in [-0.1, -0.05) is 158 Å². The number of benzene rings is 5. The molecule has 5 rings (SSSR count). The Morgan fingerprint density at radius 1 is 0.451 bits per heavy atom. The van der Waals surface area contributed by atoms with Crippen molar-refractivity contribution < 1.29 is 23.7 Å². The van der Waals surface area contributed by atoms with Gasteiger partial charge in [0.2, 0.25) is 0 Å². The maximum absolute atomic E-state index is 13.9. The molecule has 0 aromatic heterocycles. The van der Waals surface area contributed by atoms with Crippen LogP contribution in [0.15, 0.2) is 121 Å². The van der Waals surface area contributed by atoms with Gasteiger partial charge in [0, 0.05) is 44.8 Å². The van der Waals surface area contributed by atoms with Crippen LogP contribution in [0.25, 0.3) is 0 Å². The van der Waals surface area contributed by atoms with Crippen LogP contribution in [0, 0.1) is 0 Å². The molecule has 5 aromatic rings. The molecule has 0 bridgehead atoms. The van der Waals surface area contributed by atoms with Gasteiger partial charge in [-0.2, -0.15) is 0 Å². The van der Waals surface area contributed by atoms with Gasteiger partial charge in [-0.3, -0.25) is 4.79 Å². The van der Waals surface area contributed by atoms with Crippen LogP contribution in [-0.4, -0.2) is 87.2 Å². The molecule has 1 amide bonds. The van der Waals surface area contributed by atoms with E-state index in [4.69, 9.17) is 18.9 Å². The number of hydrogen-bond donors (Lipinski definition) is 1. The third-order valence-corrected chi connectivity index (χ3v) is 12.8. The minimum absolute atomic E-state index is 0.0728. The highest BCUT2D eigenvalue weighted by Gasteiger charge is 2.19. The van der Waals surface area contributed by atoms with Crippen LogP contribution in [0.1, 0.15) is 143 Å². The molecule has 0 unspecified atom stereocenters. The molecule has 0 aliphatic heterocycles. The van der Waals surface area contributed by atoms with Crippen LogP contribution in [0.5, 0.6) is 23.0 Å². The summed E-state index contributed by atoms with van der Waals surface area (Å²) in [5.74, 6) is 3.02. The molecule has 0 saturated heterocycles. The number of nitrogens with zero attached hydrogens (tertiary/aromatic N) is 3. The Kier molecular flexibility index (Phi) is 29.3. The highest BCUT2D eigenvalue weighted by molar-refractivity contribution is 5.94. The highest BCUT2D eigenvalue weighted by Crippen LogP contribution is 2.31. The van der Waals surface area contributed by atoms with Crippen molar-refractivity contribution in [3.63, 3.8) is 0 Å². The molecule has 0 aliphatic carbocycles. The zero-order valence-corrected chi connectivity index (χ0v) is 44.9. The standard InChI is InChI=1S/C37H52N2O3.C25H38N2O2/c1-5-8-12-15-31-18-21-34(22-19-31)37(40)39(27-26-38(24-9-6-2)25-10-7-3)29-33-20-23-35(41-4)36(28-33)42-30-32-16-13-11-14-17-32;1-4-6-16-27(17-7-5-2)18-15-26-20-23-13-14-24(28-3)25(19-23)29-21-22-11-9-8-10-12-22/h11,13-14,16-23,28H,5-10,12,15,24-27,29-30H2,1-4H3;8-14,19,26H,4-7,15-18,20-21H2,1-3H3. The van der Waals surface area contributed by atoms with E-state index in [1.807, 2.05) is 77.7 Å². The lowest BCUT2D eigenvalue weighted by atomic mass is 10.0. The van der Waals surface area contributed by atoms with E-state index in [1.165, 1.54) is 94.8 Å². The first-order valence-electron chi connectivity index (χ1n) is 27.0. The van der Waals surface area contributed by atoms with Crippen molar-refractivity contribution in [3.05, 3.63) is 155 Å². The van der Waals surface area contributed by atoms with Crippen molar-refractivity contribution in [2.45, 2.75) is 138 Å². The second-order valence-corrected chi connectivity index (χ2v) is 18.7. The minimum Gasteiger partial charge on any atom is -0.493 e. The first kappa shape index (κ1) is 58.2. The fourth-order valence-corrected chi connectivity index (χ4v) is 8.32. The van der Waals surface area contributed by atoms with Gasteiger partial charge < -0.3 is 39.0 Å². The maximum Gasteiger partial charge on any atom is 0.254 e. The molecular weight excluding hydrogens is 881 g/mol. The largest absolute Gasteiger partial charge is 0.493 e. The summed E-state index contributed by atoms with van der Waals surface area (Å²) in [5, 5.41) is 3.59. The smallest absolute Gasteiger partial charge is 0.254 e. The summed E-state index contributed by atoms with van der Waals surface area (Å²) in [4.78, 5) is 21.0. The number of ether oxygens (including phenoxy) is 4. The van der Waals surface area contributed by atoms with Crippen LogP contribution in [0.2, 0.25) is 0 Å². The van der Waals surface area contributed by atoms with E-state index in [0.29, 0.717) is 37.8 Å². The number of rotatable bonds is 35. The number of unbranched alkanes of at least 4 members (excludes halogenated alkanes) is 6. The first-order chi connectivity index (χ1) is 34.8. The molecule has 0 atom stereocenters. The van der Waals surface area contributed by atoms with Crippen molar-refractivity contribution >= 4 is 5.91 Å². The van der Waals surface area contributed by atoms with Gasteiger partial charge in [-0.05, 0) is 129 Å². The van der Waals surface area contributed by atoms with Crippen LogP contribution < -0.4 is 24.3 Å². The fraction of sp³-hybridized carbons (Fsp3) is 0.500. The van der Waals surface area contributed by atoms with Crippen molar-refractivity contribution in [2.24, 2.45) is 0 Å². The van der Waals surface area contributed by atoms with Crippen molar-refractivity contribution in [2.75, 3.05) is 66.6 Å². The fourth-order valence-electron chi connectivity index (χ4n) is 8.32. The van der Waals surface area contributed by atoms with Crippen LogP contribution in [0.4, 0.5) is 0 Å². The highest BCUT2D eigenvalue weighted by atomic mass is 16.5. The molecule has 388 valence electrons. The molecule has 0 fully saturated rings. The van der Waals surface area contributed by atoms with E-state index in [-0.39, 0.29) is 5.91 Å². The number of carbonyl (C=O) groups is 1. The van der Waals surface area contributed by atoms with E-state index in [1.54, 1.807) is 14.2 Å². The van der Waals surface area contributed by atoms with Gasteiger partial charge in [0.1, 0.15) is 13.2 Å². The molecule has 71 heavy (non-hydrogen) atoms. The molecule has 0 spiro atoms. The summed E-state index contributed by atoms with van der Waals surface area (Å²) < 4.78 is 23.3. The molecule has 0 radical (unpaired) electrons. The molecule has 1 N–H and O–H groups in total. The van der Waals surface area contributed by atoms with Gasteiger partial charge in [0.15, 0.2) is 23.0 Å². The van der Waals surface area contributed by atoms with Gasteiger partial charge in [0.25, 0.3) is 5.91 Å². The number of carbonyl (C=O) groups excluding carboxylic acids is 1. The Bertz CT molecular complexity index is 2120. The van der Waals surface area contributed by atoms with Crippen molar-refractivity contribution in [1.29, 1.82) is 0 Å². The van der Waals surface area contributed by atoms with Gasteiger partial charge in [0.05, 0.1) is 14.2 Å². The molecule has 5 aromatic carbocycles. The normalized spacial score (nSPS) is 11.1. The third kappa shape index (κ3) is 22.7. The molecule has 0 heterocycles. The summed E-state index contributed by atoms with van der Waals surface area (Å²) in [5.41, 5.74) is 6.53. The van der Waals surface area contributed by atoms with Crippen molar-refractivity contribution in [1.82, 2.24) is 20.0 Å². The average molecular weight is 971 g/mol. The molecule has 9 heteroatoms. The van der Waals surface area contributed by atoms with Crippen LogP contribution in [-0.2, 0) is 32.7 Å². The lowest BCUT2D eigenvalue weighted by molar-refractivity contribution is 0.0720. The minimum atomic E-state index is 0.0728. The van der Waals surface area contributed by atoms with Gasteiger partial charge in [-0.15, -0.1) is 0 Å². The quantitative estimate of drug-likeness (QED) is 0.0403. The predicted molar refractivity (Wildman–Crippen MR) is 296 cm³/mol. The lowest BCUT2D eigenvalue weighted by Gasteiger charge is -2.28. The predicted octanol–water partition coefficient (Wildman–Crippen LogP) is 13.8. The summed E-state index contributed by atoms with van der Waals surface area (Å²) in [6.45, 7) is 21.8. The average Bonchev–Trinajstić information content (AvgIpc) is 3.41. The Morgan fingerprint density at radius 2 is 0.915 bits per heavy atom. The number of amides is 1. The van der Waals surface area contributed by atoms with Crippen LogP contribution >= 0.6 is 0 Å². The zero-order valence-electron chi connectivity index (χ0n) is 44.9. The Balaban J connectivity index is 0.000000330. The summed E-state index contributed by atoms with van der Waals surface area (Å²) in [6, 6.07) is 40.8. The summed E-state index contributed by atoms with van der Waals surface area (Å²) in [6.07, 6.45) is 14.5. The molecular formula is C62H90N4O5. The van der Waals surface area contributed by atoms with E-state index in [9.17, 15) is 4.79 Å².